The molecule has 0 radical (unpaired) electrons. The SMILES string of the molecule is O=C(N1CCOCC1)[C@]1(c2ccccc2)CCO1. The highest BCUT2D eigenvalue weighted by molar-refractivity contribution is 5.87. The zero-order chi connectivity index (χ0) is 12.4. The predicted molar refractivity (Wildman–Crippen MR) is 66.1 cm³/mol. The average Bonchev–Trinajstić information content (AvgIpc) is 2.40. The Hall–Kier alpha value is -1.39. The molecule has 0 N–H and O–H groups in total. The average molecular weight is 247 g/mol. The highest BCUT2D eigenvalue weighted by Gasteiger charge is 2.49. The van der Waals surface area contributed by atoms with Crippen LogP contribution in [-0.4, -0.2) is 43.7 Å². The lowest BCUT2D eigenvalue weighted by Gasteiger charge is -2.44. The molecule has 18 heavy (non-hydrogen) atoms. The predicted octanol–water partition coefficient (Wildman–Crippen LogP) is 1.16. The van der Waals surface area contributed by atoms with Gasteiger partial charge in [0.1, 0.15) is 0 Å². The molecule has 2 aliphatic rings. The zero-order valence-corrected chi connectivity index (χ0v) is 10.3. The van der Waals surface area contributed by atoms with Crippen LogP contribution >= 0.6 is 0 Å². The maximum Gasteiger partial charge on any atom is 0.259 e. The van der Waals surface area contributed by atoms with Crippen molar-refractivity contribution in [1.82, 2.24) is 4.90 Å². The molecule has 0 aromatic heterocycles. The highest BCUT2D eigenvalue weighted by Crippen LogP contribution is 2.39. The van der Waals surface area contributed by atoms with E-state index in [2.05, 4.69) is 0 Å². The van der Waals surface area contributed by atoms with Crippen molar-refractivity contribution >= 4 is 5.91 Å². The van der Waals surface area contributed by atoms with Gasteiger partial charge in [-0.1, -0.05) is 30.3 Å². The summed E-state index contributed by atoms with van der Waals surface area (Å²) in [6.07, 6.45) is 0.771. The molecular weight excluding hydrogens is 230 g/mol. The number of hydrogen-bond donors (Lipinski definition) is 0. The first kappa shape index (κ1) is 11.7. The maximum absolute atomic E-state index is 12.6. The summed E-state index contributed by atoms with van der Waals surface area (Å²) in [5.74, 6) is 0.0863. The number of rotatable bonds is 2. The summed E-state index contributed by atoms with van der Waals surface area (Å²) in [6.45, 7) is 3.23. The molecule has 1 amide bonds. The number of carbonyl (C=O) groups is 1. The van der Waals surface area contributed by atoms with E-state index >= 15 is 0 Å². The molecule has 4 nitrogen and oxygen atoms in total. The molecule has 2 saturated heterocycles. The molecule has 2 aliphatic heterocycles. The fourth-order valence-corrected chi connectivity index (χ4v) is 2.56. The Morgan fingerprint density at radius 1 is 1.11 bits per heavy atom. The summed E-state index contributed by atoms with van der Waals surface area (Å²) in [6, 6.07) is 9.79. The van der Waals surface area contributed by atoms with Gasteiger partial charge in [0.2, 0.25) is 0 Å². The zero-order valence-electron chi connectivity index (χ0n) is 10.3. The number of nitrogens with zero attached hydrogens (tertiary/aromatic N) is 1. The fraction of sp³-hybridized carbons (Fsp3) is 0.500. The topological polar surface area (TPSA) is 38.8 Å². The van der Waals surface area contributed by atoms with E-state index in [4.69, 9.17) is 9.47 Å². The van der Waals surface area contributed by atoms with Crippen LogP contribution in [-0.2, 0) is 19.9 Å². The van der Waals surface area contributed by atoms with Crippen LogP contribution in [0.15, 0.2) is 30.3 Å². The minimum Gasteiger partial charge on any atom is -0.378 e. The van der Waals surface area contributed by atoms with Crippen molar-refractivity contribution in [3.8, 4) is 0 Å². The summed E-state index contributed by atoms with van der Waals surface area (Å²) in [5.41, 5.74) is 0.228. The van der Waals surface area contributed by atoms with Crippen LogP contribution in [0.1, 0.15) is 12.0 Å². The van der Waals surface area contributed by atoms with Crippen LogP contribution in [0, 0.1) is 0 Å². The Morgan fingerprint density at radius 3 is 2.33 bits per heavy atom. The number of morpholine rings is 1. The molecule has 3 rings (SSSR count). The first-order valence-corrected chi connectivity index (χ1v) is 6.39. The third kappa shape index (κ3) is 1.82. The largest absolute Gasteiger partial charge is 0.378 e. The molecular formula is C14H17NO3. The fourth-order valence-electron chi connectivity index (χ4n) is 2.56. The van der Waals surface area contributed by atoms with Crippen LogP contribution in [0.5, 0.6) is 0 Å². The van der Waals surface area contributed by atoms with E-state index in [1.165, 1.54) is 0 Å². The monoisotopic (exact) mass is 247 g/mol. The smallest absolute Gasteiger partial charge is 0.259 e. The van der Waals surface area contributed by atoms with Crippen molar-refractivity contribution in [2.45, 2.75) is 12.0 Å². The lowest BCUT2D eigenvalue weighted by Crippen LogP contribution is -2.56. The van der Waals surface area contributed by atoms with Crippen molar-refractivity contribution in [2.75, 3.05) is 32.9 Å². The second-order valence-electron chi connectivity index (χ2n) is 4.70. The van der Waals surface area contributed by atoms with Gasteiger partial charge in [0.25, 0.3) is 5.91 Å². The van der Waals surface area contributed by atoms with E-state index in [1.54, 1.807) is 0 Å². The van der Waals surface area contributed by atoms with E-state index in [-0.39, 0.29) is 5.91 Å². The molecule has 0 spiro atoms. The van der Waals surface area contributed by atoms with Crippen molar-refractivity contribution in [1.29, 1.82) is 0 Å². The van der Waals surface area contributed by atoms with Crippen LogP contribution in [0.4, 0.5) is 0 Å². The molecule has 96 valence electrons. The minimum absolute atomic E-state index is 0.0863. The van der Waals surface area contributed by atoms with Gasteiger partial charge < -0.3 is 14.4 Å². The number of ether oxygens (including phenoxy) is 2. The molecule has 4 heteroatoms. The number of hydrogen-bond acceptors (Lipinski definition) is 3. The van der Waals surface area contributed by atoms with Crippen molar-refractivity contribution in [3.63, 3.8) is 0 Å². The standard InChI is InChI=1S/C14H17NO3/c16-13(15-7-10-17-11-8-15)14(6-9-18-14)12-4-2-1-3-5-12/h1-5H,6-11H2/t14-/m1/s1. The van der Waals surface area contributed by atoms with E-state index < -0.39 is 5.60 Å². The lowest BCUT2D eigenvalue weighted by atomic mass is 9.85. The first-order chi connectivity index (χ1) is 8.83. The Morgan fingerprint density at radius 2 is 1.78 bits per heavy atom. The summed E-state index contributed by atoms with van der Waals surface area (Å²) < 4.78 is 11.0. The highest BCUT2D eigenvalue weighted by atomic mass is 16.5. The Balaban J connectivity index is 1.85. The van der Waals surface area contributed by atoms with E-state index in [1.807, 2.05) is 35.2 Å². The molecule has 0 bridgehead atoms. The van der Waals surface area contributed by atoms with E-state index in [0.29, 0.717) is 32.9 Å². The summed E-state index contributed by atoms with van der Waals surface area (Å²) >= 11 is 0. The number of benzene rings is 1. The van der Waals surface area contributed by atoms with Gasteiger partial charge in [-0.15, -0.1) is 0 Å². The number of carbonyl (C=O) groups excluding carboxylic acids is 1. The molecule has 0 unspecified atom stereocenters. The molecule has 1 aromatic rings. The molecule has 1 aromatic carbocycles. The second kappa shape index (κ2) is 4.71. The van der Waals surface area contributed by atoms with Crippen LogP contribution in [0.25, 0.3) is 0 Å². The van der Waals surface area contributed by atoms with Gasteiger partial charge in [-0.25, -0.2) is 0 Å². The third-order valence-electron chi connectivity index (χ3n) is 3.69. The maximum atomic E-state index is 12.6. The molecule has 2 fully saturated rings. The van der Waals surface area contributed by atoms with Gasteiger partial charge >= 0.3 is 0 Å². The third-order valence-corrected chi connectivity index (χ3v) is 3.69. The van der Waals surface area contributed by atoms with Gasteiger partial charge in [0, 0.05) is 19.5 Å². The van der Waals surface area contributed by atoms with Gasteiger partial charge in [-0.2, -0.15) is 0 Å². The Kier molecular flexibility index (Phi) is 3.06. The summed E-state index contributed by atoms with van der Waals surface area (Å²) in [5, 5.41) is 0. The van der Waals surface area contributed by atoms with Gasteiger partial charge in [-0.05, 0) is 5.56 Å². The quantitative estimate of drug-likeness (QED) is 0.787. The normalized spacial score (nSPS) is 27.7. The first-order valence-electron chi connectivity index (χ1n) is 6.39. The molecule has 1 atom stereocenters. The van der Waals surface area contributed by atoms with Crippen molar-refractivity contribution in [2.24, 2.45) is 0 Å². The molecule has 2 heterocycles. The van der Waals surface area contributed by atoms with Crippen LogP contribution in [0.3, 0.4) is 0 Å². The van der Waals surface area contributed by atoms with E-state index in [9.17, 15) is 4.79 Å². The van der Waals surface area contributed by atoms with Crippen molar-refractivity contribution in [3.05, 3.63) is 35.9 Å². The Labute approximate surface area is 106 Å². The lowest BCUT2D eigenvalue weighted by molar-refractivity contribution is -0.193. The molecule has 0 saturated carbocycles. The van der Waals surface area contributed by atoms with Crippen molar-refractivity contribution < 1.29 is 14.3 Å². The van der Waals surface area contributed by atoms with Gasteiger partial charge in [-0.3, -0.25) is 4.79 Å². The van der Waals surface area contributed by atoms with Crippen LogP contribution in [0.2, 0.25) is 0 Å². The van der Waals surface area contributed by atoms with Gasteiger partial charge in [0.15, 0.2) is 5.60 Å². The van der Waals surface area contributed by atoms with Crippen LogP contribution < -0.4 is 0 Å². The number of amides is 1. The van der Waals surface area contributed by atoms with E-state index in [0.717, 1.165) is 12.0 Å². The summed E-state index contributed by atoms with van der Waals surface area (Å²) in [7, 11) is 0. The van der Waals surface area contributed by atoms with Gasteiger partial charge in [0.05, 0.1) is 19.8 Å². The Bertz CT molecular complexity index is 422. The molecule has 0 aliphatic carbocycles. The minimum atomic E-state index is -0.737. The second-order valence-corrected chi connectivity index (χ2v) is 4.70. The summed E-state index contributed by atoms with van der Waals surface area (Å²) in [4.78, 5) is 14.5.